The van der Waals surface area contributed by atoms with Gasteiger partial charge in [-0.3, -0.25) is 25.0 Å². The monoisotopic (exact) mass is 540 g/mol. The molecule has 0 radical (unpaired) electrons. The lowest BCUT2D eigenvalue weighted by atomic mass is 9.89. The molecule has 0 fully saturated rings. The van der Waals surface area contributed by atoms with Crippen LogP contribution >= 0.6 is 0 Å². The molecule has 4 aromatic rings. The van der Waals surface area contributed by atoms with Gasteiger partial charge in [-0.2, -0.15) is 0 Å². The zero-order chi connectivity index (χ0) is 29.0. The second-order valence-corrected chi connectivity index (χ2v) is 9.69. The minimum absolute atomic E-state index is 0.112. The van der Waals surface area contributed by atoms with Gasteiger partial charge in [0.25, 0.3) is 11.4 Å². The maximum Gasteiger partial charge on any atom is 0.270 e. The number of nitro benzene ring substituents is 2. The fraction of sp³-hybridized carbons (Fsp3) is 0.194. The van der Waals surface area contributed by atoms with Gasteiger partial charge >= 0.3 is 0 Å². The summed E-state index contributed by atoms with van der Waals surface area (Å²) in [6.45, 7) is 7.49. The van der Waals surface area contributed by atoms with E-state index in [2.05, 4.69) is 0 Å². The number of nitro groups is 2. The first-order valence-electron chi connectivity index (χ1n) is 12.7. The zero-order valence-corrected chi connectivity index (χ0v) is 22.5. The molecule has 9 nitrogen and oxygen atoms in total. The van der Waals surface area contributed by atoms with Crippen molar-refractivity contribution in [2.45, 2.75) is 39.9 Å². The molecule has 0 amide bonds. The Morgan fingerprint density at radius 2 is 1.02 bits per heavy atom. The first-order chi connectivity index (χ1) is 19.0. The van der Waals surface area contributed by atoms with E-state index in [1.165, 1.54) is 24.3 Å². The average Bonchev–Trinajstić information content (AvgIpc) is 2.92. The van der Waals surface area contributed by atoms with E-state index in [0.29, 0.717) is 44.9 Å². The number of carbonyl (C=O) groups is 1. The Balaban J connectivity index is 1.92. The second-order valence-electron chi connectivity index (χ2n) is 9.69. The van der Waals surface area contributed by atoms with Gasteiger partial charge < -0.3 is 9.47 Å². The van der Waals surface area contributed by atoms with Crippen LogP contribution in [0.15, 0.2) is 84.9 Å². The molecule has 0 N–H and O–H groups in total. The van der Waals surface area contributed by atoms with Crippen molar-refractivity contribution in [2.24, 2.45) is 0 Å². The van der Waals surface area contributed by atoms with Gasteiger partial charge in [-0.05, 0) is 86.3 Å². The van der Waals surface area contributed by atoms with Gasteiger partial charge in [-0.15, -0.1) is 0 Å². The fourth-order valence-corrected chi connectivity index (χ4v) is 4.33. The minimum atomic E-state index is -0.493. The van der Waals surface area contributed by atoms with E-state index in [0.717, 1.165) is 0 Å². The number of benzene rings is 4. The molecule has 0 saturated carbocycles. The molecule has 0 saturated heterocycles. The quantitative estimate of drug-likeness (QED) is 0.115. The van der Waals surface area contributed by atoms with Gasteiger partial charge in [0.15, 0.2) is 5.78 Å². The molecule has 0 aliphatic heterocycles. The number of ketones is 1. The SMILES string of the molecule is CC(C)Oc1ccc(C(=O)c2ccc(OC(C)C)cc2-c2cccc([N+](=O)[O-])c2)c(-c2cccc([N+](=O)[O-])c2)c1. The van der Waals surface area contributed by atoms with Gasteiger partial charge in [-0.1, -0.05) is 24.3 Å². The van der Waals surface area contributed by atoms with Crippen LogP contribution in [0.25, 0.3) is 22.3 Å². The second kappa shape index (κ2) is 11.8. The number of carbonyl (C=O) groups excluding carboxylic acids is 1. The van der Waals surface area contributed by atoms with Crippen molar-refractivity contribution in [3.8, 4) is 33.8 Å². The lowest BCUT2D eigenvalue weighted by molar-refractivity contribution is -0.385. The smallest absolute Gasteiger partial charge is 0.270 e. The Labute approximate surface area is 231 Å². The Kier molecular flexibility index (Phi) is 8.23. The van der Waals surface area contributed by atoms with Crippen LogP contribution in [-0.4, -0.2) is 27.8 Å². The maximum absolute atomic E-state index is 14.2. The summed E-state index contributed by atoms with van der Waals surface area (Å²) in [5, 5.41) is 23.0. The van der Waals surface area contributed by atoms with Crippen LogP contribution in [0.1, 0.15) is 43.6 Å². The van der Waals surface area contributed by atoms with Crippen molar-refractivity contribution in [1.29, 1.82) is 0 Å². The molecule has 204 valence electrons. The molecule has 4 aromatic carbocycles. The van der Waals surface area contributed by atoms with Gasteiger partial charge in [-0.25, -0.2) is 0 Å². The van der Waals surface area contributed by atoms with Crippen molar-refractivity contribution in [3.05, 3.63) is 116 Å². The van der Waals surface area contributed by atoms with Crippen LogP contribution < -0.4 is 9.47 Å². The van der Waals surface area contributed by atoms with E-state index < -0.39 is 9.85 Å². The molecule has 40 heavy (non-hydrogen) atoms. The largest absolute Gasteiger partial charge is 0.491 e. The molecule has 0 aliphatic rings. The predicted octanol–water partition coefficient (Wildman–Crippen LogP) is 7.64. The number of hydrogen-bond donors (Lipinski definition) is 0. The maximum atomic E-state index is 14.2. The van der Waals surface area contributed by atoms with Crippen LogP contribution in [0, 0.1) is 20.2 Å². The first kappa shape index (κ1) is 28.0. The van der Waals surface area contributed by atoms with Crippen molar-refractivity contribution >= 4 is 17.2 Å². The van der Waals surface area contributed by atoms with Crippen LogP contribution in [0.3, 0.4) is 0 Å². The third-order valence-electron chi connectivity index (χ3n) is 5.95. The summed E-state index contributed by atoms with van der Waals surface area (Å²) in [7, 11) is 0. The third-order valence-corrected chi connectivity index (χ3v) is 5.95. The Morgan fingerprint density at radius 3 is 1.38 bits per heavy atom. The molecular weight excluding hydrogens is 512 g/mol. The molecule has 4 rings (SSSR count). The highest BCUT2D eigenvalue weighted by Gasteiger charge is 2.22. The Hall–Kier alpha value is -5.05. The topological polar surface area (TPSA) is 122 Å². The minimum Gasteiger partial charge on any atom is -0.491 e. The highest BCUT2D eigenvalue weighted by Crippen LogP contribution is 2.36. The van der Waals surface area contributed by atoms with Crippen LogP contribution in [-0.2, 0) is 0 Å². The van der Waals surface area contributed by atoms with E-state index in [1.54, 1.807) is 60.7 Å². The molecular formula is C31H28N2O7. The van der Waals surface area contributed by atoms with Crippen LogP contribution in [0.2, 0.25) is 0 Å². The number of non-ortho nitro benzene ring substituents is 2. The van der Waals surface area contributed by atoms with Crippen molar-refractivity contribution < 1.29 is 24.1 Å². The average molecular weight is 541 g/mol. The zero-order valence-electron chi connectivity index (χ0n) is 22.5. The Morgan fingerprint density at radius 1 is 0.625 bits per heavy atom. The predicted molar refractivity (Wildman–Crippen MR) is 152 cm³/mol. The summed E-state index contributed by atoms with van der Waals surface area (Å²) >= 11 is 0. The summed E-state index contributed by atoms with van der Waals surface area (Å²) < 4.78 is 11.7. The van der Waals surface area contributed by atoms with E-state index in [1.807, 2.05) is 27.7 Å². The fourth-order valence-electron chi connectivity index (χ4n) is 4.33. The van der Waals surface area contributed by atoms with Gasteiger partial charge in [0.05, 0.1) is 22.1 Å². The molecule has 0 spiro atoms. The normalized spacial score (nSPS) is 10.9. The van der Waals surface area contributed by atoms with Gasteiger partial charge in [0.2, 0.25) is 0 Å². The Bertz CT molecular complexity index is 1480. The number of nitrogens with zero attached hydrogens (tertiary/aromatic N) is 2. The standard InChI is InChI=1S/C31H28N2O7/c1-19(2)39-25-11-13-27(29(17-25)21-7-5-9-23(15-21)32(35)36)31(34)28-14-12-26(40-20(3)4)18-30(28)22-8-6-10-24(16-22)33(37)38/h5-20H,1-4H3. The lowest BCUT2D eigenvalue weighted by Crippen LogP contribution is -2.10. The molecule has 0 aliphatic carbocycles. The number of hydrogen-bond acceptors (Lipinski definition) is 7. The van der Waals surface area contributed by atoms with Gasteiger partial charge in [0, 0.05) is 35.4 Å². The van der Waals surface area contributed by atoms with Crippen molar-refractivity contribution in [2.75, 3.05) is 0 Å². The summed E-state index contributed by atoms with van der Waals surface area (Å²) in [4.78, 5) is 36.2. The summed E-state index contributed by atoms with van der Waals surface area (Å²) in [5.41, 5.74) is 2.23. The third kappa shape index (κ3) is 6.32. The van der Waals surface area contributed by atoms with E-state index in [-0.39, 0.29) is 29.4 Å². The first-order valence-corrected chi connectivity index (χ1v) is 12.7. The van der Waals surface area contributed by atoms with E-state index in [4.69, 9.17) is 9.47 Å². The van der Waals surface area contributed by atoms with Crippen molar-refractivity contribution in [1.82, 2.24) is 0 Å². The van der Waals surface area contributed by atoms with E-state index >= 15 is 0 Å². The van der Waals surface area contributed by atoms with E-state index in [9.17, 15) is 25.0 Å². The molecule has 0 unspecified atom stereocenters. The summed E-state index contributed by atoms with van der Waals surface area (Å²) in [5.74, 6) is 0.649. The summed E-state index contributed by atoms with van der Waals surface area (Å²) in [6, 6.07) is 22.1. The molecule has 9 heteroatoms. The molecule has 0 atom stereocenters. The summed E-state index contributed by atoms with van der Waals surface area (Å²) in [6.07, 6.45) is -0.262. The van der Waals surface area contributed by atoms with Crippen LogP contribution in [0.4, 0.5) is 11.4 Å². The highest BCUT2D eigenvalue weighted by atomic mass is 16.6. The van der Waals surface area contributed by atoms with Crippen molar-refractivity contribution in [3.63, 3.8) is 0 Å². The molecule has 0 bridgehead atoms. The molecule has 0 heterocycles. The highest BCUT2D eigenvalue weighted by molar-refractivity contribution is 6.16. The molecule has 0 aromatic heterocycles. The van der Waals surface area contributed by atoms with Gasteiger partial charge in [0.1, 0.15) is 11.5 Å². The lowest BCUT2D eigenvalue weighted by Gasteiger charge is -2.17. The van der Waals surface area contributed by atoms with Crippen LogP contribution in [0.5, 0.6) is 11.5 Å². The number of ether oxygens (including phenoxy) is 2. The number of rotatable bonds is 10.